The molecule has 0 atom stereocenters. The Morgan fingerprint density at radius 2 is 2.17 bits per heavy atom. The number of carboxylic acids is 1. The van der Waals surface area contributed by atoms with E-state index in [0.717, 1.165) is 0 Å². The second-order valence-corrected chi connectivity index (χ2v) is 3.59. The van der Waals surface area contributed by atoms with Gasteiger partial charge in [0.1, 0.15) is 5.56 Å². The number of rotatable bonds is 3. The zero-order chi connectivity index (χ0) is 13.1. The predicted octanol–water partition coefficient (Wildman–Crippen LogP) is 1.06. The van der Waals surface area contributed by atoms with Crippen LogP contribution in [0.4, 0.5) is 5.69 Å². The number of aromatic amines is 1. The number of hydrogen-bond acceptors (Lipinski definition) is 4. The van der Waals surface area contributed by atoms with Crippen molar-refractivity contribution in [2.75, 3.05) is 5.32 Å². The first-order valence-corrected chi connectivity index (χ1v) is 5.09. The highest BCUT2D eigenvalue weighted by molar-refractivity contribution is 6.07. The molecule has 0 aliphatic rings. The Hall–Kier alpha value is -2.70. The van der Waals surface area contributed by atoms with Crippen LogP contribution in [0, 0.1) is 6.92 Å². The Labute approximate surface area is 102 Å². The minimum Gasteiger partial charge on any atom is -0.478 e. The zero-order valence-corrected chi connectivity index (χ0v) is 9.47. The number of aryl methyl sites for hydroxylation is 1. The van der Waals surface area contributed by atoms with Gasteiger partial charge in [0.25, 0.3) is 5.91 Å². The van der Waals surface area contributed by atoms with Crippen LogP contribution in [0.15, 0.2) is 24.7 Å². The molecule has 0 aliphatic carbocycles. The molecule has 2 rings (SSSR count). The first-order chi connectivity index (χ1) is 8.59. The number of aromatic nitrogens is 3. The van der Waals surface area contributed by atoms with Gasteiger partial charge in [-0.2, -0.15) is 10.2 Å². The van der Waals surface area contributed by atoms with Crippen LogP contribution in [-0.2, 0) is 0 Å². The van der Waals surface area contributed by atoms with Crippen molar-refractivity contribution in [2.45, 2.75) is 6.92 Å². The SMILES string of the molecule is Cc1[nH]cc(NC(=O)c2ccnnc2)c1C(=O)O. The zero-order valence-electron chi connectivity index (χ0n) is 9.47. The number of nitrogens with zero attached hydrogens (tertiary/aromatic N) is 2. The molecule has 7 nitrogen and oxygen atoms in total. The Balaban J connectivity index is 2.25. The summed E-state index contributed by atoms with van der Waals surface area (Å²) in [6.07, 6.45) is 4.12. The predicted molar refractivity (Wildman–Crippen MR) is 62.5 cm³/mol. The van der Waals surface area contributed by atoms with Gasteiger partial charge in [-0.15, -0.1) is 0 Å². The molecule has 2 aromatic rings. The molecule has 1 amide bonds. The number of hydrogen-bond donors (Lipinski definition) is 3. The lowest BCUT2D eigenvalue weighted by atomic mass is 10.2. The van der Waals surface area contributed by atoms with E-state index in [0.29, 0.717) is 11.3 Å². The van der Waals surface area contributed by atoms with Crippen LogP contribution in [0.1, 0.15) is 26.4 Å². The molecule has 7 heteroatoms. The van der Waals surface area contributed by atoms with Crippen molar-refractivity contribution in [2.24, 2.45) is 0 Å². The van der Waals surface area contributed by atoms with Gasteiger partial charge >= 0.3 is 5.97 Å². The van der Waals surface area contributed by atoms with Gasteiger partial charge in [-0.05, 0) is 13.0 Å². The highest BCUT2D eigenvalue weighted by atomic mass is 16.4. The fourth-order valence-corrected chi connectivity index (χ4v) is 1.52. The van der Waals surface area contributed by atoms with E-state index >= 15 is 0 Å². The van der Waals surface area contributed by atoms with Crippen LogP contribution >= 0.6 is 0 Å². The molecule has 0 aromatic carbocycles. The van der Waals surface area contributed by atoms with E-state index in [4.69, 9.17) is 5.11 Å². The van der Waals surface area contributed by atoms with Crippen molar-refractivity contribution >= 4 is 17.6 Å². The summed E-state index contributed by atoms with van der Waals surface area (Å²) < 4.78 is 0. The Bertz CT molecular complexity index is 592. The number of nitrogens with one attached hydrogen (secondary N) is 2. The third-order valence-electron chi connectivity index (χ3n) is 2.39. The minimum absolute atomic E-state index is 0.0466. The van der Waals surface area contributed by atoms with Gasteiger partial charge in [0, 0.05) is 11.9 Å². The third-order valence-corrected chi connectivity index (χ3v) is 2.39. The lowest BCUT2D eigenvalue weighted by Gasteiger charge is -2.04. The maximum Gasteiger partial charge on any atom is 0.339 e. The van der Waals surface area contributed by atoms with Gasteiger partial charge in [0.15, 0.2) is 0 Å². The number of carbonyl (C=O) groups is 2. The maximum absolute atomic E-state index is 11.8. The number of H-pyrrole nitrogens is 1. The molecular formula is C11H10N4O3. The maximum atomic E-state index is 11.8. The monoisotopic (exact) mass is 246 g/mol. The van der Waals surface area contributed by atoms with E-state index in [9.17, 15) is 9.59 Å². The molecule has 92 valence electrons. The van der Waals surface area contributed by atoms with Crippen molar-refractivity contribution in [3.63, 3.8) is 0 Å². The third kappa shape index (κ3) is 2.19. The summed E-state index contributed by atoms with van der Waals surface area (Å²) in [5.74, 6) is -1.54. The van der Waals surface area contributed by atoms with Crippen LogP contribution in [0.5, 0.6) is 0 Å². The Morgan fingerprint density at radius 3 is 2.78 bits per heavy atom. The van der Waals surface area contributed by atoms with Gasteiger partial charge in [0.2, 0.25) is 0 Å². The minimum atomic E-state index is -1.10. The van der Waals surface area contributed by atoms with Gasteiger partial charge in [0.05, 0.1) is 23.6 Å². The van der Waals surface area contributed by atoms with E-state index in [1.807, 2.05) is 0 Å². The fraction of sp³-hybridized carbons (Fsp3) is 0.0909. The average molecular weight is 246 g/mol. The van der Waals surface area contributed by atoms with Gasteiger partial charge < -0.3 is 15.4 Å². The van der Waals surface area contributed by atoms with E-state index in [1.165, 1.54) is 24.7 Å². The number of carboxylic acid groups (broad SMARTS) is 1. The normalized spacial score (nSPS) is 10.1. The highest BCUT2D eigenvalue weighted by Crippen LogP contribution is 2.19. The van der Waals surface area contributed by atoms with Crippen LogP contribution in [0.3, 0.4) is 0 Å². The van der Waals surface area contributed by atoms with Gasteiger partial charge in [-0.1, -0.05) is 0 Å². The highest BCUT2D eigenvalue weighted by Gasteiger charge is 2.17. The summed E-state index contributed by atoms with van der Waals surface area (Å²) in [5, 5.41) is 18.7. The Kier molecular flexibility index (Phi) is 3.05. The molecule has 0 radical (unpaired) electrons. The summed E-state index contributed by atoms with van der Waals surface area (Å²) in [7, 11) is 0. The van der Waals surface area contributed by atoms with Crippen LogP contribution < -0.4 is 5.32 Å². The molecule has 0 saturated carbocycles. The van der Waals surface area contributed by atoms with E-state index in [-0.39, 0.29) is 11.3 Å². The molecule has 2 heterocycles. The first kappa shape index (κ1) is 11.8. The quantitative estimate of drug-likeness (QED) is 0.750. The number of carbonyl (C=O) groups excluding carboxylic acids is 1. The summed E-state index contributed by atoms with van der Waals surface area (Å²) >= 11 is 0. The first-order valence-electron chi connectivity index (χ1n) is 5.09. The van der Waals surface area contributed by atoms with Gasteiger partial charge in [-0.25, -0.2) is 4.79 Å². The Morgan fingerprint density at radius 1 is 1.39 bits per heavy atom. The molecule has 0 bridgehead atoms. The molecular weight excluding hydrogens is 236 g/mol. The summed E-state index contributed by atoms with van der Waals surface area (Å²) in [6.45, 7) is 1.62. The topological polar surface area (TPSA) is 108 Å². The van der Waals surface area contributed by atoms with Crippen molar-refractivity contribution in [1.29, 1.82) is 0 Å². The standard InChI is InChI=1S/C11H10N4O3/c1-6-9(11(17)18)8(5-12-6)15-10(16)7-2-3-13-14-4-7/h2-5,12H,1H3,(H,15,16)(H,17,18). The van der Waals surface area contributed by atoms with E-state index in [2.05, 4.69) is 20.5 Å². The number of aromatic carboxylic acids is 1. The second kappa shape index (κ2) is 4.66. The number of amides is 1. The summed E-state index contributed by atoms with van der Waals surface area (Å²) in [6, 6.07) is 1.49. The smallest absolute Gasteiger partial charge is 0.339 e. The average Bonchev–Trinajstić information content (AvgIpc) is 2.71. The molecule has 0 aliphatic heterocycles. The summed E-state index contributed by atoms with van der Waals surface area (Å²) in [4.78, 5) is 25.6. The molecule has 0 spiro atoms. The lowest BCUT2D eigenvalue weighted by Crippen LogP contribution is -2.14. The van der Waals surface area contributed by atoms with E-state index in [1.54, 1.807) is 6.92 Å². The molecule has 0 unspecified atom stereocenters. The molecule has 3 N–H and O–H groups in total. The molecule has 0 saturated heterocycles. The molecule has 2 aromatic heterocycles. The number of anilines is 1. The van der Waals surface area contributed by atoms with Crippen molar-refractivity contribution < 1.29 is 14.7 Å². The lowest BCUT2D eigenvalue weighted by molar-refractivity contribution is 0.0697. The van der Waals surface area contributed by atoms with Crippen molar-refractivity contribution in [1.82, 2.24) is 15.2 Å². The largest absolute Gasteiger partial charge is 0.478 e. The van der Waals surface area contributed by atoms with Crippen molar-refractivity contribution in [3.05, 3.63) is 41.5 Å². The van der Waals surface area contributed by atoms with Crippen LogP contribution in [0.2, 0.25) is 0 Å². The van der Waals surface area contributed by atoms with Gasteiger partial charge in [-0.3, -0.25) is 4.79 Å². The molecule has 18 heavy (non-hydrogen) atoms. The van der Waals surface area contributed by atoms with Crippen molar-refractivity contribution in [3.8, 4) is 0 Å². The van der Waals surface area contributed by atoms with Crippen LogP contribution in [-0.4, -0.2) is 32.2 Å². The van der Waals surface area contributed by atoms with E-state index < -0.39 is 11.9 Å². The second-order valence-electron chi connectivity index (χ2n) is 3.59. The summed E-state index contributed by atoms with van der Waals surface area (Å²) in [5.41, 5.74) is 1.05. The van der Waals surface area contributed by atoms with Crippen LogP contribution in [0.25, 0.3) is 0 Å². The molecule has 0 fully saturated rings. The fourth-order valence-electron chi connectivity index (χ4n) is 1.52.